The van der Waals surface area contributed by atoms with Gasteiger partial charge in [0.1, 0.15) is 5.60 Å². The van der Waals surface area contributed by atoms with Crippen LogP contribution < -0.4 is 5.56 Å². The average Bonchev–Trinajstić information content (AvgIpc) is 2.84. The van der Waals surface area contributed by atoms with Gasteiger partial charge in [-0.1, -0.05) is 54.6 Å². The molecule has 0 spiro atoms. The molecule has 1 saturated heterocycles. The third-order valence-corrected chi connectivity index (χ3v) is 7.04. The molecule has 0 aliphatic carbocycles. The minimum Gasteiger partial charge on any atom is -0.438 e. The van der Waals surface area contributed by atoms with Gasteiger partial charge in [0.05, 0.1) is 23.8 Å². The smallest absolute Gasteiger partial charge is 0.411 e. The summed E-state index contributed by atoms with van der Waals surface area (Å²) in [4.78, 5) is 27.6. The highest BCUT2D eigenvalue weighted by molar-refractivity contribution is 5.70. The Kier molecular flexibility index (Phi) is 7.55. The van der Waals surface area contributed by atoms with Gasteiger partial charge in [-0.25, -0.2) is 4.79 Å². The standard InChI is InChI=1S/C31H38N2O5/c1-22(23-11-13-24(14-12-23)25-15-17-32(27(34)19-25)21-30(4,5)37)33-18-16-31(38-28(33)35,20-29(2,3)36)26-9-7-6-8-10-26/h6-15,17,19,22,36-37H,16,18,20-21H2,1-5H3/t22-,31?/m0/s1. The van der Waals surface area contributed by atoms with Crippen LogP contribution in [0.4, 0.5) is 4.79 Å². The topological polar surface area (TPSA) is 92.0 Å². The lowest BCUT2D eigenvalue weighted by Gasteiger charge is -2.45. The summed E-state index contributed by atoms with van der Waals surface area (Å²) in [6.45, 7) is 9.48. The first-order valence-corrected chi connectivity index (χ1v) is 13.1. The predicted octanol–water partition coefficient (Wildman–Crippen LogP) is 5.25. The van der Waals surface area contributed by atoms with Crippen LogP contribution in [0.5, 0.6) is 0 Å². The summed E-state index contributed by atoms with van der Waals surface area (Å²) in [5.74, 6) is 0. The molecular weight excluding hydrogens is 480 g/mol. The van der Waals surface area contributed by atoms with E-state index in [2.05, 4.69) is 0 Å². The maximum Gasteiger partial charge on any atom is 0.411 e. The first-order valence-electron chi connectivity index (χ1n) is 13.1. The molecule has 0 bridgehead atoms. The molecule has 1 aromatic heterocycles. The maximum absolute atomic E-state index is 13.3. The molecular formula is C31H38N2O5. The van der Waals surface area contributed by atoms with E-state index in [1.54, 1.807) is 44.9 Å². The molecule has 1 aliphatic heterocycles. The number of rotatable bonds is 8. The van der Waals surface area contributed by atoms with Crippen LogP contribution in [0, 0.1) is 0 Å². The summed E-state index contributed by atoms with van der Waals surface area (Å²) < 4.78 is 7.61. The van der Waals surface area contributed by atoms with Gasteiger partial charge in [-0.05, 0) is 62.9 Å². The lowest BCUT2D eigenvalue weighted by Crippen LogP contribution is -2.51. The Morgan fingerprint density at radius 3 is 2.13 bits per heavy atom. The molecule has 1 amide bonds. The summed E-state index contributed by atoms with van der Waals surface area (Å²) in [6.07, 6.45) is 2.16. The normalized spacial score (nSPS) is 19.2. The molecule has 2 aromatic carbocycles. The van der Waals surface area contributed by atoms with Crippen molar-refractivity contribution in [3.05, 3.63) is 94.4 Å². The van der Waals surface area contributed by atoms with E-state index < -0.39 is 22.9 Å². The monoisotopic (exact) mass is 518 g/mol. The third-order valence-electron chi connectivity index (χ3n) is 7.04. The lowest BCUT2D eigenvalue weighted by molar-refractivity contribution is -0.101. The minimum absolute atomic E-state index is 0.175. The number of nitrogens with zero attached hydrogens (tertiary/aromatic N) is 2. The number of hydrogen-bond acceptors (Lipinski definition) is 5. The number of carbonyl (C=O) groups excluding carboxylic acids is 1. The minimum atomic E-state index is -1.01. The number of benzene rings is 2. The van der Waals surface area contributed by atoms with Crippen molar-refractivity contribution in [1.29, 1.82) is 0 Å². The molecule has 4 rings (SSSR count). The van der Waals surface area contributed by atoms with Crippen molar-refractivity contribution in [3.63, 3.8) is 0 Å². The largest absolute Gasteiger partial charge is 0.438 e. The molecule has 0 saturated carbocycles. The van der Waals surface area contributed by atoms with Gasteiger partial charge in [0.15, 0.2) is 0 Å². The number of cyclic esters (lactones) is 1. The fourth-order valence-electron chi connectivity index (χ4n) is 5.26. The van der Waals surface area contributed by atoms with Crippen LogP contribution in [0.25, 0.3) is 11.1 Å². The van der Waals surface area contributed by atoms with E-state index in [4.69, 9.17) is 4.74 Å². The zero-order valence-corrected chi connectivity index (χ0v) is 22.8. The van der Waals surface area contributed by atoms with Crippen LogP contribution in [-0.4, -0.2) is 43.5 Å². The van der Waals surface area contributed by atoms with Crippen LogP contribution in [0.15, 0.2) is 77.7 Å². The van der Waals surface area contributed by atoms with Crippen LogP contribution in [0.2, 0.25) is 0 Å². The molecule has 3 aromatic rings. The summed E-state index contributed by atoms with van der Waals surface area (Å²) >= 11 is 0. The molecule has 1 aliphatic rings. The van der Waals surface area contributed by atoms with E-state index in [0.717, 1.165) is 22.3 Å². The van der Waals surface area contributed by atoms with Gasteiger partial charge < -0.3 is 24.4 Å². The molecule has 7 nitrogen and oxygen atoms in total. The third kappa shape index (κ3) is 6.34. The van der Waals surface area contributed by atoms with Gasteiger partial charge in [-0.2, -0.15) is 0 Å². The van der Waals surface area contributed by atoms with Gasteiger partial charge in [0.2, 0.25) is 0 Å². The molecule has 2 heterocycles. The van der Waals surface area contributed by atoms with Gasteiger partial charge in [0, 0.05) is 31.6 Å². The lowest BCUT2D eigenvalue weighted by atomic mass is 9.80. The summed E-state index contributed by atoms with van der Waals surface area (Å²) in [6, 6.07) is 20.7. The van der Waals surface area contributed by atoms with E-state index >= 15 is 0 Å². The Bertz CT molecular complexity index is 1320. The molecule has 1 unspecified atom stereocenters. The number of ether oxygens (including phenoxy) is 1. The van der Waals surface area contributed by atoms with Crippen molar-refractivity contribution < 1.29 is 19.7 Å². The highest BCUT2D eigenvalue weighted by Gasteiger charge is 2.46. The maximum atomic E-state index is 13.3. The van der Waals surface area contributed by atoms with Gasteiger partial charge in [0.25, 0.3) is 5.56 Å². The fourth-order valence-corrected chi connectivity index (χ4v) is 5.26. The first kappa shape index (κ1) is 27.6. The Hall–Kier alpha value is -3.42. The second-order valence-corrected chi connectivity index (χ2v) is 11.7. The summed E-state index contributed by atoms with van der Waals surface area (Å²) in [5.41, 5.74) is 0.476. The molecule has 2 atom stereocenters. The van der Waals surface area contributed by atoms with Crippen LogP contribution >= 0.6 is 0 Å². The zero-order chi connectivity index (χ0) is 27.7. The summed E-state index contributed by atoms with van der Waals surface area (Å²) in [5, 5.41) is 20.6. The predicted molar refractivity (Wildman–Crippen MR) is 148 cm³/mol. The Balaban J connectivity index is 1.50. The van der Waals surface area contributed by atoms with Crippen molar-refractivity contribution in [1.82, 2.24) is 9.47 Å². The van der Waals surface area contributed by atoms with Crippen LogP contribution in [0.1, 0.15) is 64.6 Å². The quantitative estimate of drug-likeness (QED) is 0.425. The van der Waals surface area contributed by atoms with E-state index in [9.17, 15) is 19.8 Å². The Morgan fingerprint density at radius 2 is 1.58 bits per heavy atom. The van der Waals surface area contributed by atoms with E-state index in [0.29, 0.717) is 19.4 Å². The van der Waals surface area contributed by atoms with Crippen molar-refractivity contribution in [2.75, 3.05) is 6.54 Å². The first-order chi connectivity index (χ1) is 17.8. The second kappa shape index (κ2) is 10.4. The van der Waals surface area contributed by atoms with Crippen molar-refractivity contribution in [2.45, 2.75) is 76.9 Å². The number of carbonyl (C=O) groups is 1. The number of aliphatic hydroxyl groups is 2. The van der Waals surface area contributed by atoms with Crippen LogP contribution in [0.3, 0.4) is 0 Å². The Labute approximate surface area is 224 Å². The zero-order valence-electron chi connectivity index (χ0n) is 22.8. The van der Waals surface area contributed by atoms with Crippen molar-refractivity contribution in [3.8, 4) is 11.1 Å². The summed E-state index contributed by atoms with van der Waals surface area (Å²) in [7, 11) is 0. The highest BCUT2D eigenvalue weighted by atomic mass is 16.6. The SMILES string of the molecule is C[C@@H](c1ccc(-c2ccn(CC(C)(C)O)c(=O)c2)cc1)N1CCC(CC(C)(C)O)(c2ccccc2)OC1=O. The highest BCUT2D eigenvalue weighted by Crippen LogP contribution is 2.42. The number of hydrogen-bond donors (Lipinski definition) is 2. The van der Waals surface area contributed by atoms with Gasteiger partial charge >= 0.3 is 6.09 Å². The number of amides is 1. The fraction of sp³-hybridized carbons (Fsp3) is 0.419. The van der Waals surface area contributed by atoms with E-state index in [1.807, 2.05) is 67.6 Å². The van der Waals surface area contributed by atoms with E-state index in [-0.39, 0.29) is 18.1 Å². The number of aromatic nitrogens is 1. The van der Waals surface area contributed by atoms with Gasteiger partial charge in [-0.15, -0.1) is 0 Å². The van der Waals surface area contributed by atoms with Crippen molar-refractivity contribution >= 4 is 6.09 Å². The second-order valence-electron chi connectivity index (χ2n) is 11.7. The molecule has 202 valence electrons. The average molecular weight is 519 g/mol. The molecule has 38 heavy (non-hydrogen) atoms. The Morgan fingerprint density at radius 1 is 0.921 bits per heavy atom. The van der Waals surface area contributed by atoms with Gasteiger partial charge in [-0.3, -0.25) is 4.79 Å². The van der Waals surface area contributed by atoms with Crippen LogP contribution in [-0.2, 0) is 16.9 Å². The number of pyridine rings is 1. The molecule has 0 radical (unpaired) electrons. The van der Waals surface area contributed by atoms with Crippen molar-refractivity contribution in [2.24, 2.45) is 0 Å². The molecule has 7 heteroatoms. The molecule has 2 N–H and O–H groups in total. The molecule has 1 fully saturated rings. The van der Waals surface area contributed by atoms with E-state index in [1.165, 1.54) is 4.57 Å².